The summed E-state index contributed by atoms with van der Waals surface area (Å²) in [5.74, 6) is 1.66. The molecule has 2 fully saturated rings. The quantitative estimate of drug-likeness (QED) is 0.774. The Morgan fingerprint density at radius 2 is 1.97 bits per heavy atom. The largest absolute Gasteiger partial charge is 0.497 e. The third-order valence-electron chi connectivity index (χ3n) is 6.05. The van der Waals surface area contributed by atoms with Crippen molar-refractivity contribution in [2.24, 2.45) is 5.92 Å². The van der Waals surface area contributed by atoms with E-state index in [0.29, 0.717) is 18.8 Å². The summed E-state index contributed by atoms with van der Waals surface area (Å²) in [7, 11) is 1.63. The Kier molecular flexibility index (Phi) is 4.35. The molecule has 5 nitrogen and oxygen atoms in total. The van der Waals surface area contributed by atoms with E-state index in [2.05, 4.69) is 31.2 Å². The summed E-state index contributed by atoms with van der Waals surface area (Å²) in [6.45, 7) is 3.16. The maximum absolute atomic E-state index is 13.9. The van der Waals surface area contributed by atoms with E-state index in [0.717, 1.165) is 35.4 Å². The fraction of sp³-hybridized carbons (Fsp3) is 0.391. The number of benzene rings is 2. The predicted octanol–water partition coefficient (Wildman–Crippen LogP) is 3.69. The number of carbonyl (C=O) groups excluding carboxylic acids is 2. The van der Waals surface area contributed by atoms with Gasteiger partial charge in [-0.1, -0.05) is 29.8 Å². The zero-order chi connectivity index (χ0) is 20.2. The molecule has 2 aromatic rings. The van der Waals surface area contributed by atoms with Crippen LogP contribution in [-0.2, 0) is 21.0 Å². The molecule has 0 bridgehead atoms. The summed E-state index contributed by atoms with van der Waals surface area (Å²) < 4.78 is 5.46. The lowest BCUT2D eigenvalue weighted by Gasteiger charge is -2.33. The standard InChI is InChI=1S/C23H24N2O3S/c1-15-3-5-16(6-4-15)14-24-20-10-9-18(28-2)13-19(20)23(22(24)27)25(11-12-29-23)21(26)17-7-8-17/h3-6,9-10,13,17H,7-8,11-12,14H2,1-2H3/t23-/m1/s1. The molecule has 0 radical (unpaired) electrons. The number of fused-ring (bicyclic) bond motifs is 2. The molecule has 150 valence electrons. The molecule has 1 aliphatic carbocycles. The summed E-state index contributed by atoms with van der Waals surface area (Å²) in [5.41, 5.74) is 4.02. The number of methoxy groups -OCH3 is 1. The molecule has 2 aliphatic heterocycles. The van der Waals surface area contributed by atoms with Crippen molar-refractivity contribution >= 4 is 29.3 Å². The van der Waals surface area contributed by atoms with E-state index in [1.165, 1.54) is 5.56 Å². The van der Waals surface area contributed by atoms with Crippen LogP contribution in [0.1, 0.15) is 29.5 Å². The molecule has 5 rings (SSSR count). The first-order valence-electron chi connectivity index (χ1n) is 10.1. The number of thioether (sulfide) groups is 1. The smallest absolute Gasteiger partial charge is 0.268 e. The Labute approximate surface area is 175 Å². The van der Waals surface area contributed by atoms with Gasteiger partial charge in [0.2, 0.25) is 5.91 Å². The van der Waals surface area contributed by atoms with Crippen molar-refractivity contribution in [3.63, 3.8) is 0 Å². The van der Waals surface area contributed by atoms with Crippen LogP contribution in [0.4, 0.5) is 5.69 Å². The highest BCUT2D eigenvalue weighted by atomic mass is 32.2. The van der Waals surface area contributed by atoms with E-state index >= 15 is 0 Å². The summed E-state index contributed by atoms with van der Waals surface area (Å²) in [5, 5.41) is 0. The molecule has 1 saturated carbocycles. The number of anilines is 1. The number of amides is 2. The number of aryl methyl sites for hydroxylation is 1. The first-order valence-corrected chi connectivity index (χ1v) is 11.0. The molecule has 6 heteroatoms. The number of ether oxygens (including phenoxy) is 1. The van der Waals surface area contributed by atoms with Gasteiger partial charge in [-0.25, -0.2) is 0 Å². The van der Waals surface area contributed by atoms with Crippen molar-refractivity contribution in [1.29, 1.82) is 0 Å². The normalized spacial score (nSPS) is 23.0. The fourth-order valence-corrected chi connectivity index (χ4v) is 5.78. The van der Waals surface area contributed by atoms with E-state index in [4.69, 9.17) is 4.74 Å². The minimum Gasteiger partial charge on any atom is -0.497 e. The molecule has 0 unspecified atom stereocenters. The summed E-state index contributed by atoms with van der Waals surface area (Å²) >= 11 is 1.58. The van der Waals surface area contributed by atoms with Crippen molar-refractivity contribution in [1.82, 2.24) is 4.90 Å². The van der Waals surface area contributed by atoms with Crippen LogP contribution in [0, 0.1) is 12.8 Å². The highest BCUT2D eigenvalue weighted by Gasteiger charge is 2.60. The second-order valence-electron chi connectivity index (χ2n) is 8.02. The van der Waals surface area contributed by atoms with E-state index in [1.807, 2.05) is 28.0 Å². The predicted molar refractivity (Wildman–Crippen MR) is 114 cm³/mol. The minimum atomic E-state index is -0.964. The molecule has 0 N–H and O–H groups in total. The summed E-state index contributed by atoms with van der Waals surface area (Å²) in [6, 6.07) is 14.0. The van der Waals surface area contributed by atoms with Crippen LogP contribution in [0.15, 0.2) is 42.5 Å². The Morgan fingerprint density at radius 3 is 2.66 bits per heavy atom. The van der Waals surface area contributed by atoms with Crippen LogP contribution in [0.25, 0.3) is 0 Å². The van der Waals surface area contributed by atoms with Gasteiger partial charge in [0.1, 0.15) is 5.75 Å². The van der Waals surface area contributed by atoms with Crippen LogP contribution >= 0.6 is 11.8 Å². The lowest BCUT2D eigenvalue weighted by molar-refractivity contribution is -0.141. The zero-order valence-electron chi connectivity index (χ0n) is 16.7. The molecule has 0 aromatic heterocycles. The second-order valence-corrected chi connectivity index (χ2v) is 9.30. The number of hydrogen-bond acceptors (Lipinski definition) is 4. The Bertz CT molecular complexity index is 986. The first kappa shape index (κ1) is 18.6. The average molecular weight is 409 g/mol. The second kappa shape index (κ2) is 6.80. The Morgan fingerprint density at radius 1 is 1.21 bits per heavy atom. The molecule has 1 saturated heterocycles. The van der Waals surface area contributed by atoms with Gasteiger partial charge in [0.15, 0.2) is 4.87 Å². The van der Waals surface area contributed by atoms with Crippen molar-refractivity contribution in [3.05, 3.63) is 59.2 Å². The van der Waals surface area contributed by atoms with Gasteiger partial charge < -0.3 is 14.5 Å². The van der Waals surface area contributed by atoms with Gasteiger partial charge in [0, 0.05) is 23.8 Å². The molecule has 2 heterocycles. The monoisotopic (exact) mass is 408 g/mol. The van der Waals surface area contributed by atoms with Crippen LogP contribution in [0.5, 0.6) is 5.75 Å². The number of rotatable bonds is 4. The molecule has 3 aliphatic rings. The fourth-order valence-electron chi connectivity index (χ4n) is 4.33. The summed E-state index contributed by atoms with van der Waals surface area (Å²) in [4.78, 5) is 29.7. The van der Waals surface area contributed by atoms with Gasteiger partial charge in [0.25, 0.3) is 5.91 Å². The van der Waals surface area contributed by atoms with Crippen LogP contribution in [0.3, 0.4) is 0 Å². The van der Waals surface area contributed by atoms with Crippen molar-refractivity contribution in [2.45, 2.75) is 31.2 Å². The van der Waals surface area contributed by atoms with Gasteiger partial charge in [-0.05, 0) is 43.5 Å². The van der Waals surface area contributed by atoms with Crippen LogP contribution < -0.4 is 9.64 Å². The molecular formula is C23H24N2O3S. The third kappa shape index (κ3) is 2.84. The molecule has 1 atom stereocenters. The molecule has 2 aromatic carbocycles. The first-order chi connectivity index (χ1) is 14.0. The highest BCUT2D eigenvalue weighted by molar-refractivity contribution is 8.01. The average Bonchev–Trinajstić information content (AvgIpc) is 3.46. The lowest BCUT2D eigenvalue weighted by Crippen LogP contribution is -2.50. The maximum atomic E-state index is 13.9. The van der Waals surface area contributed by atoms with E-state index in [1.54, 1.807) is 18.9 Å². The Hall–Kier alpha value is -2.47. The zero-order valence-corrected chi connectivity index (χ0v) is 17.5. The molecule has 1 spiro atoms. The molecule has 2 amide bonds. The molecule has 29 heavy (non-hydrogen) atoms. The van der Waals surface area contributed by atoms with Crippen LogP contribution in [0.2, 0.25) is 0 Å². The van der Waals surface area contributed by atoms with E-state index in [9.17, 15) is 9.59 Å². The third-order valence-corrected chi connectivity index (χ3v) is 7.47. The van der Waals surface area contributed by atoms with E-state index in [-0.39, 0.29) is 17.7 Å². The lowest BCUT2D eigenvalue weighted by atomic mass is 10.0. The van der Waals surface area contributed by atoms with Crippen LogP contribution in [-0.4, -0.2) is 36.1 Å². The number of carbonyl (C=O) groups is 2. The van der Waals surface area contributed by atoms with Gasteiger partial charge in [-0.3, -0.25) is 9.59 Å². The number of nitrogens with zero attached hydrogens (tertiary/aromatic N) is 2. The van der Waals surface area contributed by atoms with Gasteiger partial charge >= 0.3 is 0 Å². The minimum absolute atomic E-state index is 0.0159. The van der Waals surface area contributed by atoms with Crippen molar-refractivity contribution in [2.75, 3.05) is 24.3 Å². The van der Waals surface area contributed by atoms with Gasteiger partial charge in [-0.2, -0.15) is 0 Å². The molecular weight excluding hydrogens is 384 g/mol. The topological polar surface area (TPSA) is 49.9 Å². The Balaban J connectivity index is 1.60. The summed E-state index contributed by atoms with van der Waals surface area (Å²) in [6.07, 6.45) is 1.87. The van der Waals surface area contributed by atoms with Crippen molar-refractivity contribution in [3.8, 4) is 5.75 Å². The van der Waals surface area contributed by atoms with Gasteiger partial charge in [-0.15, -0.1) is 11.8 Å². The van der Waals surface area contributed by atoms with E-state index < -0.39 is 4.87 Å². The highest BCUT2D eigenvalue weighted by Crippen LogP contribution is 2.56. The maximum Gasteiger partial charge on any atom is 0.268 e. The van der Waals surface area contributed by atoms with Gasteiger partial charge in [0.05, 0.1) is 19.3 Å². The van der Waals surface area contributed by atoms with Crippen molar-refractivity contribution < 1.29 is 14.3 Å². The SMILES string of the molecule is COc1ccc2c(c1)[C@@]1(SCCN1C(=O)C1CC1)C(=O)N2Cc1ccc(C)cc1. The number of hydrogen-bond donors (Lipinski definition) is 0.